The van der Waals surface area contributed by atoms with E-state index in [0.29, 0.717) is 0 Å². The van der Waals surface area contributed by atoms with Crippen molar-refractivity contribution in [2.24, 2.45) is 5.73 Å². The standard InChI is InChI=1S/C6H11F3N2O/c1-11(5(12)4-10)3-2-6(7,8)9/h2-4,10H2,1H3. The van der Waals surface area contributed by atoms with Gasteiger partial charge in [0.1, 0.15) is 0 Å². The highest BCUT2D eigenvalue weighted by molar-refractivity contribution is 5.77. The average Bonchev–Trinajstić information content (AvgIpc) is 1.97. The Labute approximate surface area is 68.3 Å². The number of hydrogen-bond donors (Lipinski definition) is 1. The summed E-state index contributed by atoms with van der Waals surface area (Å²) in [5.41, 5.74) is 4.94. The minimum atomic E-state index is -4.22. The van der Waals surface area contributed by atoms with Gasteiger partial charge in [0.25, 0.3) is 0 Å². The monoisotopic (exact) mass is 184 g/mol. The van der Waals surface area contributed by atoms with Gasteiger partial charge in [0.15, 0.2) is 0 Å². The predicted molar refractivity (Wildman–Crippen MR) is 37.4 cm³/mol. The van der Waals surface area contributed by atoms with E-state index in [0.717, 1.165) is 4.90 Å². The molecule has 0 unspecified atom stereocenters. The Hall–Kier alpha value is -0.780. The van der Waals surface area contributed by atoms with Crippen LogP contribution in [-0.4, -0.2) is 37.1 Å². The van der Waals surface area contributed by atoms with Crippen LogP contribution < -0.4 is 5.73 Å². The molecule has 0 heterocycles. The second-order valence-corrected chi connectivity index (χ2v) is 2.38. The van der Waals surface area contributed by atoms with Crippen molar-refractivity contribution in [2.75, 3.05) is 20.1 Å². The molecule has 1 amide bonds. The normalized spacial score (nSPS) is 11.4. The fourth-order valence-corrected chi connectivity index (χ4v) is 0.575. The predicted octanol–water partition coefficient (Wildman–Crippen LogP) is 0.356. The number of halogens is 3. The van der Waals surface area contributed by atoms with Gasteiger partial charge < -0.3 is 10.6 Å². The smallest absolute Gasteiger partial charge is 0.344 e. The minimum absolute atomic E-state index is 0.256. The van der Waals surface area contributed by atoms with Crippen molar-refractivity contribution in [1.29, 1.82) is 0 Å². The topological polar surface area (TPSA) is 46.3 Å². The first-order valence-electron chi connectivity index (χ1n) is 3.37. The first kappa shape index (κ1) is 11.2. The molecule has 0 aromatic heterocycles. The third-order valence-corrected chi connectivity index (χ3v) is 1.33. The average molecular weight is 184 g/mol. The summed E-state index contributed by atoms with van der Waals surface area (Å²) < 4.78 is 34.8. The van der Waals surface area contributed by atoms with E-state index in [4.69, 9.17) is 5.73 Å². The summed E-state index contributed by atoms with van der Waals surface area (Å²) in [4.78, 5) is 11.6. The van der Waals surface area contributed by atoms with E-state index in [1.165, 1.54) is 7.05 Å². The molecule has 0 fully saturated rings. The highest BCUT2D eigenvalue weighted by Gasteiger charge is 2.27. The summed E-state index contributed by atoms with van der Waals surface area (Å²) in [6, 6.07) is 0. The van der Waals surface area contributed by atoms with Crippen LogP contribution in [0.25, 0.3) is 0 Å². The lowest BCUT2D eigenvalue weighted by molar-refractivity contribution is -0.143. The van der Waals surface area contributed by atoms with Crippen LogP contribution in [0.5, 0.6) is 0 Å². The van der Waals surface area contributed by atoms with Gasteiger partial charge in [-0.2, -0.15) is 13.2 Å². The molecule has 2 N–H and O–H groups in total. The summed E-state index contributed by atoms with van der Waals surface area (Å²) >= 11 is 0. The maximum Gasteiger partial charge on any atom is 0.390 e. The van der Waals surface area contributed by atoms with Crippen LogP contribution in [0, 0.1) is 0 Å². The number of carbonyl (C=O) groups is 1. The molecule has 0 saturated carbocycles. The van der Waals surface area contributed by atoms with E-state index in [2.05, 4.69) is 0 Å². The maximum atomic E-state index is 11.6. The molecule has 0 rings (SSSR count). The van der Waals surface area contributed by atoms with Crippen LogP contribution in [0.1, 0.15) is 6.42 Å². The van der Waals surface area contributed by atoms with E-state index in [-0.39, 0.29) is 13.1 Å². The molecule has 6 heteroatoms. The fourth-order valence-electron chi connectivity index (χ4n) is 0.575. The van der Waals surface area contributed by atoms with Crippen LogP contribution in [0.3, 0.4) is 0 Å². The molecule has 12 heavy (non-hydrogen) atoms. The lowest BCUT2D eigenvalue weighted by atomic mass is 10.4. The Balaban J connectivity index is 3.72. The Kier molecular flexibility index (Phi) is 4.02. The van der Waals surface area contributed by atoms with Gasteiger partial charge >= 0.3 is 6.18 Å². The molecule has 0 saturated heterocycles. The van der Waals surface area contributed by atoms with E-state index >= 15 is 0 Å². The molecule has 0 bridgehead atoms. The zero-order valence-electron chi connectivity index (χ0n) is 6.69. The van der Waals surface area contributed by atoms with Gasteiger partial charge in [-0.25, -0.2) is 0 Å². The van der Waals surface area contributed by atoms with Crippen LogP contribution in [0.15, 0.2) is 0 Å². The second-order valence-electron chi connectivity index (χ2n) is 2.38. The van der Waals surface area contributed by atoms with Crippen molar-refractivity contribution < 1.29 is 18.0 Å². The van der Waals surface area contributed by atoms with Crippen LogP contribution in [0.2, 0.25) is 0 Å². The number of amides is 1. The first-order chi connectivity index (χ1) is 5.37. The Morgan fingerprint density at radius 1 is 1.50 bits per heavy atom. The van der Waals surface area contributed by atoms with Gasteiger partial charge in [0, 0.05) is 13.6 Å². The molecule has 0 aliphatic heterocycles. The second kappa shape index (κ2) is 4.30. The Morgan fingerprint density at radius 3 is 2.33 bits per heavy atom. The number of alkyl halides is 3. The molecule has 0 spiro atoms. The summed E-state index contributed by atoms with van der Waals surface area (Å²) in [6.07, 6.45) is -5.21. The SMILES string of the molecule is CN(CCC(F)(F)F)C(=O)CN. The molecule has 0 aliphatic rings. The number of carbonyl (C=O) groups excluding carboxylic acids is 1. The lowest BCUT2D eigenvalue weighted by Gasteiger charge is -2.16. The van der Waals surface area contributed by atoms with Gasteiger partial charge in [0.2, 0.25) is 5.91 Å². The summed E-state index contributed by atoms with van der Waals surface area (Å²) in [6.45, 7) is -0.589. The third kappa shape index (κ3) is 4.95. The van der Waals surface area contributed by atoms with Gasteiger partial charge in [0.05, 0.1) is 13.0 Å². The van der Waals surface area contributed by atoms with Crippen LogP contribution in [0.4, 0.5) is 13.2 Å². The van der Waals surface area contributed by atoms with E-state index in [9.17, 15) is 18.0 Å². The van der Waals surface area contributed by atoms with E-state index in [1.54, 1.807) is 0 Å². The van der Waals surface area contributed by atoms with E-state index < -0.39 is 18.5 Å². The molecule has 0 aromatic rings. The lowest BCUT2D eigenvalue weighted by Crippen LogP contribution is -2.35. The Morgan fingerprint density at radius 2 is 2.00 bits per heavy atom. The largest absolute Gasteiger partial charge is 0.390 e. The van der Waals surface area contributed by atoms with Gasteiger partial charge in [-0.1, -0.05) is 0 Å². The minimum Gasteiger partial charge on any atom is -0.344 e. The highest BCUT2D eigenvalue weighted by atomic mass is 19.4. The van der Waals surface area contributed by atoms with Gasteiger partial charge in [-0.15, -0.1) is 0 Å². The van der Waals surface area contributed by atoms with Gasteiger partial charge in [-0.3, -0.25) is 4.79 Å². The first-order valence-corrected chi connectivity index (χ1v) is 3.37. The summed E-state index contributed by atoms with van der Waals surface area (Å²) in [5, 5.41) is 0. The number of nitrogens with zero attached hydrogens (tertiary/aromatic N) is 1. The maximum absolute atomic E-state index is 11.6. The number of likely N-dealkylation sites (N-methyl/N-ethyl adjacent to an activating group) is 1. The van der Waals surface area contributed by atoms with Crippen molar-refractivity contribution in [3.05, 3.63) is 0 Å². The van der Waals surface area contributed by atoms with Crippen LogP contribution >= 0.6 is 0 Å². The summed E-state index contributed by atoms with van der Waals surface area (Å²) in [7, 11) is 1.29. The molecule has 0 radical (unpaired) electrons. The van der Waals surface area contributed by atoms with E-state index in [1.807, 2.05) is 0 Å². The van der Waals surface area contributed by atoms with Crippen molar-refractivity contribution in [3.63, 3.8) is 0 Å². The quantitative estimate of drug-likeness (QED) is 0.688. The molecule has 0 aliphatic carbocycles. The molecule has 0 aromatic carbocycles. The third-order valence-electron chi connectivity index (χ3n) is 1.33. The molecule has 72 valence electrons. The van der Waals surface area contributed by atoms with Crippen molar-refractivity contribution in [3.8, 4) is 0 Å². The molecule has 3 nitrogen and oxygen atoms in total. The van der Waals surface area contributed by atoms with Crippen molar-refractivity contribution in [1.82, 2.24) is 4.90 Å². The highest BCUT2D eigenvalue weighted by Crippen LogP contribution is 2.19. The molecule has 0 atom stereocenters. The van der Waals surface area contributed by atoms with Crippen molar-refractivity contribution >= 4 is 5.91 Å². The van der Waals surface area contributed by atoms with Gasteiger partial charge in [-0.05, 0) is 0 Å². The number of rotatable bonds is 3. The zero-order valence-corrected chi connectivity index (χ0v) is 6.69. The molecular formula is C6H11F3N2O. The van der Waals surface area contributed by atoms with Crippen LogP contribution in [-0.2, 0) is 4.79 Å². The molecular weight excluding hydrogens is 173 g/mol. The fraction of sp³-hybridized carbons (Fsp3) is 0.833. The van der Waals surface area contributed by atoms with Crippen molar-refractivity contribution in [2.45, 2.75) is 12.6 Å². The number of nitrogens with two attached hydrogens (primary N) is 1. The Bertz CT molecular complexity index is 157. The summed E-state index contributed by atoms with van der Waals surface area (Å²) in [5.74, 6) is -0.487. The number of hydrogen-bond acceptors (Lipinski definition) is 2. The zero-order chi connectivity index (χ0) is 9.78.